The molecule has 1 aliphatic heterocycles. The number of carbonyl (C=O) groups excluding carboxylic acids is 2. The van der Waals surface area contributed by atoms with Crippen molar-refractivity contribution < 1.29 is 9.59 Å². The minimum Gasteiger partial charge on any atom is -0.388 e. The van der Waals surface area contributed by atoms with Gasteiger partial charge in [0.1, 0.15) is 10.5 Å². The number of pyridine rings is 1. The first-order valence-corrected chi connectivity index (χ1v) is 6.11. The van der Waals surface area contributed by atoms with Gasteiger partial charge in [0.25, 0.3) is 5.91 Å². The molecule has 1 aromatic heterocycles. The zero-order valence-electron chi connectivity index (χ0n) is 10.6. The molecule has 0 saturated carbocycles. The molecule has 2 rings (SSSR count). The van der Waals surface area contributed by atoms with E-state index in [0.29, 0.717) is 5.69 Å². The summed E-state index contributed by atoms with van der Waals surface area (Å²) in [7, 11) is 0. The maximum Gasteiger partial charge on any atom is 0.325 e. The number of urea groups is 1. The number of imide groups is 1. The number of rotatable bonds is 3. The van der Waals surface area contributed by atoms with E-state index in [1.807, 2.05) is 0 Å². The van der Waals surface area contributed by atoms with E-state index in [0.717, 1.165) is 5.56 Å². The largest absolute Gasteiger partial charge is 0.388 e. The summed E-state index contributed by atoms with van der Waals surface area (Å²) in [6.07, 6.45) is 1.55. The fraction of sp³-hybridized carbons (Fsp3) is 0.333. The summed E-state index contributed by atoms with van der Waals surface area (Å²) in [4.78, 5) is 29.1. The Hall–Kier alpha value is -2.02. The lowest BCUT2D eigenvalue weighted by molar-refractivity contribution is -0.130. The average molecular weight is 278 g/mol. The van der Waals surface area contributed by atoms with E-state index in [2.05, 4.69) is 10.3 Å². The molecule has 100 valence electrons. The molecule has 0 spiro atoms. The Kier molecular flexibility index (Phi) is 3.23. The zero-order chi connectivity index (χ0) is 14.2. The number of carbonyl (C=O) groups is 2. The molecule has 0 unspecified atom stereocenters. The highest BCUT2D eigenvalue weighted by Gasteiger charge is 2.44. The SMILES string of the molecule is CC1(C)NC(=O)N(Cc2ccnc(C(N)=S)c2)C1=O. The van der Waals surface area contributed by atoms with Gasteiger partial charge in [-0.15, -0.1) is 0 Å². The van der Waals surface area contributed by atoms with Crippen molar-refractivity contribution >= 4 is 29.1 Å². The fourth-order valence-corrected chi connectivity index (χ4v) is 1.96. The summed E-state index contributed by atoms with van der Waals surface area (Å²) >= 11 is 4.84. The highest BCUT2D eigenvalue weighted by atomic mass is 32.1. The summed E-state index contributed by atoms with van der Waals surface area (Å²) in [6, 6.07) is 2.99. The lowest BCUT2D eigenvalue weighted by Crippen LogP contribution is -2.40. The summed E-state index contributed by atoms with van der Waals surface area (Å²) < 4.78 is 0. The van der Waals surface area contributed by atoms with Gasteiger partial charge in [0.05, 0.1) is 12.2 Å². The molecule has 0 atom stereocenters. The number of nitrogens with two attached hydrogens (primary N) is 1. The van der Waals surface area contributed by atoms with Crippen molar-refractivity contribution in [1.82, 2.24) is 15.2 Å². The van der Waals surface area contributed by atoms with Crippen LogP contribution in [0.3, 0.4) is 0 Å². The van der Waals surface area contributed by atoms with Crippen molar-refractivity contribution in [3.8, 4) is 0 Å². The van der Waals surface area contributed by atoms with Gasteiger partial charge in [-0.25, -0.2) is 4.79 Å². The number of thiocarbonyl (C=S) groups is 1. The Morgan fingerprint density at radius 2 is 2.21 bits per heavy atom. The normalized spacial score (nSPS) is 17.5. The molecule has 0 bridgehead atoms. The van der Waals surface area contributed by atoms with Crippen LogP contribution in [0.2, 0.25) is 0 Å². The zero-order valence-corrected chi connectivity index (χ0v) is 11.5. The van der Waals surface area contributed by atoms with Crippen LogP contribution < -0.4 is 11.1 Å². The van der Waals surface area contributed by atoms with Gasteiger partial charge in [-0.2, -0.15) is 0 Å². The van der Waals surface area contributed by atoms with E-state index in [1.54, 1.807) is 32.2 Å². The second-order valence-corrected chi connectivity index (χ2v) is 5.30. The van der Waals surface area contributed by atoms with Crippen LogP contribution in [0.15, 0.2) is 18.3 Å². The Balaban J connectivity index is 2.22. The molecule has 1 aliphatic rings. The molecule has 0 aromatic carbocycles. The molecule has 0 radical (unpaired) electrons. The first-order chi connectivity index (χ1) is 8.81. The van der Waals surface area contributed by atoms with Crippen molar-refractivity contribution in [3.63, 3.8) is 0 Å². The highest BCUT2D eigenvalue weighted by Crippen LogP contribution is 2.19. The molecule has 1 aromatic rings. The van der Waals surface area contributed by atoms with Crippen LogP contribution >= 0.6 is 12.2 Å². The Labute approximate surface area is 116 Å². The average Bonchev–Trinajstić information content (AvgIpc) is 2.52. The minimum absolute atomic E-state index is 0.173. The number of nitrogens with zero attached hydrogens (tertiary/aromatic N) is 2. The fourth-order valence-electron chi connectivity index (χ4n) is 1.85. The second-order valence-electron chi connectivity index (χ2n) is 4.86. The smallest absolute Gasteiger partial charge is 0.325 e. The molecular formula is C12H14N4O2S. The van der Waals surface area contributed by atoms with Crippen molar-refractivity contribution in [2.24, 2.45) is 5.73 Å². The summed E-state index contributed by atoms with van der Waals surface area (Å²) in [5.41, 5.74) is 5.85. The topological polar surface area (TPSA) is 88.3 Å². The molecule has 6 nitrogen and oxygen atoms in total. The first-order valence-electron chi connectivity index (χ1n) is 5.70. The predicted molar refractivity (Wildman–Crippen MR) is 73.3 cm³/mol. The molecular weight excluding hydrogens is 264 g/mol. The van der Waals surface area contributed by atoms with Crippen molar-refractivity contribution in [3.05, 3.63) is 29.6 Å². The molecule has 2 heterocycles. The third kappa shape index (κ3) is 2.55. The van der Waals surface area contributed by atoms with Crippen molar-refractivity contribution in [2.75, 3.05) is 0 Å². The number of aromatic nitrogens is 1. The molecule has 7 heteroatoms. The Morgan fingerprint density at radius 1 is 1.53 bits per heavy atom. The van der Waals surface area contributed by atoms with Crippen molar-refractivity contribution in [1.29, 1.82) is 0 Å². The van der Waals surface area contributed by atoms with Crippen LogP contribution in [0.5, 0.6) is 0 Å². The summed E-state index contributed by atoms with van der Waals surface area (Å²) in [5, 5.41) is 2.62. The van der Waals surface area contributed by atoms with E-state index in [4.69, 9.17) is 18.0 Å². The van der Waals surface area contributed by atoms with Gasteiger partial charge in [0.2, 0.25) is 0 Å². The second kappa shape index (κ2) is 4.58. The van der Waals surface area contributed by atoms with Crippen LogP contribution in [0.25, 0.3) is 0 Å². The van der Waals surface area contributed by atoms with E-state index in [-0.39, 0.29) is 17.4 Å². The standard InChI is InChI=1S/C12H14N4O2S/c1-12(2)10(17)16(11(18)15-12)6-7-3-4-14-8(5-7)9(13)19/h3-5H,6H2,1-2H3,(H2,13,19)(H,15,18). The molecule has 3 amide bonds. The third-order valence-corrected chi connectivity index (χ3v) is 3.07. The molecule has 1 fully saturated rings. The van der Waals surface area contributed by atoms with Crippen LogP contribution in [0.4, 0.5) is 4.79 Å². The van der Waals surface area contributed by atoms with Gasteiger partial charge in [-0.1, -0.05) is 12.2 Å². The lowest BCUT2D eigenvalue weighted by atomic mass is 10.1. The van der Waals surface area contributed by atoms with E-state index in [9.17, 15) is 9.59 Å². The molecule has 3 N–H and O–H groups in total. The highest BCUT2D eigenvalue weighted by molar-refractivity contribution is 7.80. The van der Waals surface area contributed by atoms with Crippen LogP contribution in [-0.2, 0) is 11.3 Å². The molecule has 1 saturated heterocycles. The quantitative estimate of drug-likeness (QED) is 0.622. The number of hydrogen-bond donors (Lipinski definition) is 2. The van der Waals surface area contributed by atoms with Gasteiger partial charge < -0.3 is 11.1 Å². The Bertz CT molecular complexity index is 571. The number of nitrogens with one attached hydrogen (secondary N) is 1. The van der Waals surface area contributed by atoms with Gasteiger partial charge in [-0.3, -0.25) is 14.7 Å². The number of hydrogen-bond acceptors (Lipinski definition) is 4. The first kappa shape index (κ1) is 13.4. The maximum absolute atomic E-state index is 12.0. The number of amides is 3. The third-order valence-electron chi connectivity index (χ3n) is 2.86. The summed E-state index contributed by atoms with van der Waals surface area (Å²) in [5.74, 6) is -0.258. The monoisotopic (exact) mass is 278 g/mol. The predicted octanol–water partition coefficient (Wildman–Crippen LogP) is 0.546. The van der Waals surface area contributed by atoms with Gasteiger partial charge in [0, 0.05) is 6.20 Å². The van der Waals surface area contributed by atoms with Gasteiger partial charge >= 0.3 is 6.03 Å². The Morgan fingerprint density at radius 3 is 2.74 bits per heavy atom. The van der Waals surface area contributed by atoms with E-state index in [1.165, 1.54) is 4.90 Å². The minimum atomic E-state index is -0.865. The van der Waals surface area contributed by atoms with Crippen molar-refractivity contribution in [2.45, 2.75) is 25.9 Å². The van der Waals surface area contributed by atoms with Gasteiger partial charge in [0.15, 0.2) is 0 Å². The van der Waals surface area contributed by atoms with E-state index < -0.39 is 11.6 Å². The molecule has 19 heavy (non-hydrogen) atoms. The van der Waals surface area contributed by atoms with Crippen LogP contribution in [-0.4, -0.2) is 32.3 Å². The van der Waals surface area contributed by atoms with E-state index >= 15 is 0 Å². The van der Waals surface area contributed by atoms with Crippen LogP contribution in [0, 0.1) is 0 Å². The van der Waals surface area contributed by atoms with Crippen LogP contribution in [0.1, 0.15) is 25.1 Å². The molecule has 0 aliphatic carbocycles. The lowest BCUT2D eigenvalue weighted by Gasteiger charge is -2.16. The maximum atomic E-state index is 12.0. The van der Waals surface area contributed by atoms with Gasteiger partial charge in [-0.05, 0) is 31.5 Å². The summed E-state index contributed by atoms with van der Waals surface area (Å²) in [6.45, 7) is 3.51.